The predicted molar refractivity (Wildman–Crippen MR) is 72.6 cm³/mol. The third kappa shape index (κ3) is 5.40. The minimum absolute atomic E-state index is 0.923. The Kier molecular flexibility index (Phi) is 6.06. The van der Waals surface area contributed by atoms with Crippen LogP contribution >= 0.6 is 27.7 Å². The highest BCUT2D eigenvalue weighted by Gasteiger charge is 1.96. The molecule has 0 amide bonds. The first-order valence-electron chi connectivity index (χ1n) is 4.98. The number of hydrogen-bond donors (Lipinski definition) is 1. The summed E-state index contributed by atoms with van der Waals surface area (Å²) < 4.78 is 1.03. The number of hydrogen-bond acceptors (Lipinski definition) is 2. The SMILES string of the molecule is C=C(Br)CSc1ccc(CNCC)cc1. The molecule has 82 valence electrons. The zero-order valence-electron chi connectivity index (χ0n) is 8.92. The van der Waals surface area contributed by atoms with Gasteiger partial charge in [0.05, 0.1) is 0 Å². The highest BCUT2D eigenvalue weighted by Crippen LogP contribution is 2.22. The lowest BCUT2D eigenvalue weighted by atomic mass is 10.2. The summed E-state index contributed by atoms with van der Waals surface area (Å²) in [5, 5.41) is 3.31. The van der Waals surface area contributed by atoms with E-state index in [9.17, 15) is 0 Å². The molecule has 1 aromatic carbocycles. The lowest BCUT2D eigenvalue weighted by Gasteiger charge is -2.04. The standard InChI is InChI=1S/C12H16BrNS/c1-3-14-8-11-4-6-12(7-5-11)15-9-10(2)13/h4-7,14H,2-3,8-9H2,1H3. The Labute approximate surface area is 104 Å². The van der Waals surface area contributed by atoms with Crippen molar-refractivity contribution >= 4 is 27.7 Å². The molecule has 0 aliphatic heterocycles. The Balaban J connectivity index is 2.45. The molecule has 0 aromatic heterocycles. The van der Waals surface area contributed by atoms with Crippen LogP contribution in [0.1, 0.15) is 12.5 Å². The first kappa shape index (κ1) is 12.8. The average molecular weight is 286 g/mol. The molecule has 0 radical (unpaired) electrons. The first-order chi connectivity index (χ1) is 7.22. The summed E-state index contributed by atoms with van der Waals surface area (Å²) >= 11 is 5.15. The molecule has 15 heavy (non-hydrogen) atoms. The molecule has 0 aliphatic rings. The number of thioether (sulfide) groups is 1. The number of benzene rings is 1. The van der Waals surface area contributed by atoms with Gasteiger partial charge in [-0.1, -0.05) is 41.6 Å². The van der Waals surface area contributed by atoms with Crippen molar-refractivity contribution in [1.29, 1.82) is 0 Å². The molecule has 1 nitrogen and oxygen atoms in total. The molecule has 1 N–H and O–H groups in total. The van der Waals surface area contributed by atoms with Gasteiger partial charge in [0, 0.05) is 17.2 Å². The topological polar surface area (TPSA) is 12.0 Å². The maximum Gasteiger partial charge on any atom is 0.0292 e. The highest BCUT2D eigenvalue weighted by molar-refractivity contribution is 9.11. The first-order valence-corrected chi connectivity index (χ1v) is 6.76. The van der Waals surface area contributed by atoms with Crippen LogP contribution in [0.15, 0.2) is 40.2 Å². The van der Waals surface area contributed by atoms with Crippen LogP contribution in [0, 0.1) is 0 Å². The third-order valence-corrected chi connectivity index (χ3v) is 3.65. The largest absolute Gasteiger partial charge is 0.313 e. The van der Waals surface area contributed by atoms with E-state index in [0.29, 0.717) is 0 Å². The van der Waals surface area contributed by atoms with Crippen molar-refractivity contribution in [2.45, 2.75) is 18.4 Å². The van der Waals surface area contributed by atoms with Gasteiger partial charge in [0.1, 0.15) is 0 Å². The lowest BCUT2D eigenvalue weighted by Crippen LogP contribution is -2.11. The summed E-state index contributed by atoms with van der Waals surface area (Å²) in [5.41, 5.74) is 1.33. The minimum Gasteiger partial charge on any atom is -0.313 e. The van der Waals surface area contributed by atoms with E-state index in [4.69, 9.17) is 0 Å². The maximum atomic E-state index is 3.81. The monoisotopic (exact) mass is 285 g/mol. The Morgan fingerprint density at radius 3 is 2.60 bits per heavy atom. The van der Waals surface area contributed by atoms with Gasteiger partial charge in [-0.2, -0.15) is 0 Å². The zero-order valence-corrected chi connectivity index (χ0v) is 11.3. The van der Waals surface area contributed by atoms with E-state index < -0.39 is 0 Å². The molecule has 0 fully saturated rings. The van der Waals surface area contributed by atoms with Crippen LogP contribution in [0.25, 0.3) is 0 Å². The molecule has 0 atom stereocenters. The van der Waals surface area contributed by atoms with E-state index in [0.717, 1.165) is 23.3 Å². The molecule has 0 saturated carbocycles. The molecule has 1 rings (SSSR count). The van der Waals surface area contributed by atoms with Crippen molar-refractivity contribution in [2.75, 3.05) is 12.3 Å². The molecule has 0 saturated heterocycles. The maximum absolute atomic E-state index is 3.81. The van der Waals surface area contributed by atoms with Crippen molar-refractivity contribution in [3.8, 4) is 0 Å². The summed E-state index contributed by atoms with van der Waals surface area (Å²) in [4.78, 5) is 1.29. The summed E-state index contributed by atoms with van der Waals surface area (Å²) in [7, 11) is 0. The molecule has 0 heterocycles. The number of halogens is 1. The van der Waals surface area contributed by atoms with Gasteiger partial charge in [-0.25, -0.2) is 0 Å². The quantitative estimate of drug-likeness (QED) is 0.798. The van der Waals surface area contributed by atoms with Crippen molar-refractivity contribution in [3.05, 3.63) is 40.9 Å². The second-order valence-electron chi connectivity index (χ2n) is 3.23. The van der Waals surface area contributed by atoms with Crippen LogP contribution < -0.4 is 5.32 Å². The molecule has 0 bridgehead atoms. The summed E-state index contributed by atoms with van der Waals surface area (Å²) in [5.74, 6) is 0.923. The average Bonchev–Trinajstić information content (AvgIpc) is 2.25. The normalized spacial score (nSPS) is 10.3. The van der Waals surface area contributed by atoms with Crippen molar-refractivity contribution in [1.82, 2.24) is 5.32 Å². The summed E-state index contributed by atoms with van der Waals surface area (Å²) in [6.45, 7) is 7.90. The molecule has 0 aliphatic carbocycles. The fraction of sp³-hybridized carbons (Fsp3) is 0.333. The lowest BCUT2D eigenvalue weighted by molar-refractivity contribution is 0.726. The van der Waals surface area contributed by atoms with E-state index in [-0.39, 0.29) is 0 Å². The van der Waals surface area contributed by atoms with Gasteiger partial charge < -0.3 is 5.32 Å². The van der Waals surface area contributed by atoms with Crippen LogP contribution in [0.2, 0.25) is 0 Å². The van der Waals surface area contributed by atoms with Crippen molar-refractivity contribution in [3.63, 3.8) is 0 Å². The predicted octanol–water partition coefficient (Wildman–Crippen LogP) is 3.80. The van der Waals surface area contributed by atoms with Crippen LogP contribution in [0.4, 0.5) is 0 Å². The smallest absolute Gasteiger partial charge is 0.0292 e. The second-order valence-corrected chi connectivity index (χ2v) is 5.40. The van der Waals surface area contributed by atoms with E-state index in [1.165, 1.54) is 10.5 Å². The fourth-order valence-electron chi connectivity index (χ4n) is 1.13. The van der Waals surface area contributed by atoms with Gasteiger partial charge in [-0.05, 0) is 28.7 Å². The molecular formula is C12H16BrNS. The molecule has 0 unspecified atom stereocenters. The van der Waals surface area contributed by atoms with Gasteiger partial charge in [0.25, 0.3) is 0 Å². The van der Waals surface area contributed by atoms with Gasteiger partial charge in [0.2, 0.25) is 0 Å². The third-order valence-electron chi connectivity index (χ3n) is 1.90. The van der Waals surface area contributed by atoms with E-state index in [1.807, 2.05) is 0 Å². The van der Waals surface area contributed by atoms with E-state index in [1.54, 1.807) is 11.8 Å². The van der Waals surface area contributed by atoms with Gasteiger partial charge in [0.15, 0.2) is 0 Å². The molecule has 0 spiro atoms. The van der Waals surface area contributed by atoms with E-state index in [2.05, 4.69) is 59.0 Å². The van der Waals surface area contributed by atoms with Gasteiger partial charge in [-0.3, -0.25) is 0 Å². The number of nitrogens with one attached hydrogen (secondary N) is 1. The zero-order chi connectivity index (χ0) is 11.1. The van der Waals surface area contributed by atoms with Crippen molar-refractivity contribution < 1.29 is 0 Å². The van der Waals surface area contributed by atoms with Gasteiger partial charge in [-0.15, -0.1) is 11.8 Å². The highest BCUT2D eigenvalue weighted by atomic mass is 79.9. The Morgan fingerprint density at radius 2 is 2.07 bits per heavy atom. The fourth-order valence-corrected chi connectivity index (χ4v) is 2.13. The minimum atomic E-state index is 0.923. The molecular weight excluding hydrogens is 270 g/mol. The summed E-state index contributed by atoms with van der Waals surface area (Å²) in [6.07, 6.45) is 0. The summed E-state index contributed by atoms with van der Waals surface area (Å²) in [6, 6.07) is 8.66. The van der Waals surface area contributed by atoms with Crippen LogP contribution in [-0.2, 0) is 6.54 Å². The Bertz CT molecular complexity index is 308. The molecule has 1 aromatic rings. The number of rotatable bonds is 6. The Hall–Kier alpha value is -0.250. The Morgan fingerprint density at radius 1 is 1.40 bits per heavy atom. The van der Waals surface area contributed by atoms with Gasteiger partial charge >= 0.3 is 0 Å². The second kappa shape index (κ2) is 7.09. The van der Waals surface area contributed by atoms with Crippen molar-refractivity contribution in [2.24, 2.45) is 0 Å². The van der Waals surface area contributed by atoms with E-state index >= 15 is 0 Å². The molecule has 3 heteroatoms. The van der Waals surface area contributed by atoms with Crippen LogP contribution in [0.5, 0.6) is 0 Å². The van der Waals surface area contributed by atoms with Crippen LogP contribution in [0.3, 0.4) is 0 Å². The van der Waals surface area contributed by atoms with Crippen LogP contribution in [-0.4, -0.2) is 12.3 Å².